The molecule has 2 aromatic rings. The molecular formula is C34H40O8. The highest BCUT2D eigenvalue weighted by Crippen LogP contribution is 2.68. The third-order valence-corrected chi connectivity index (χ3v) is 10.5. The van der Waals surface area contributed by atoms with E-state index in [-0.39, 0.29) is 35.4 Å². The lowest BCUT2D eigenvalue weighted by Gasteiger charge is -2.63. The Bertz CT molecular complexity index is 1310. The largest absolute Gasteiger partial charge is 0.491 e. The number of epoxide rings is 3. The number of benzene rings is 2. The minimum Gasteiger partial charge on any atom is -0.491 e. The predicted octanol–water partition coefficient (Wildman–Crippen LogP) is 4.93. The van der Waals surface area contributed by atoms with E-state index < -0.39 is 0 Å². The normalized spacial score (nSPS) is 38.5. The van der Waals surface area contributed by atoms with Gasteiger partial charge >= 0.3 is 0 Å². The first kappa shape index (κ1) is 25.9. The Morgan fingerprint density at radius 2 is 1.14 bits per heavy atom. The standard InChI is InChI=1S/C34H40O8/c1-3-28(30(40-18-26-16-38-26)8-23(1)36-14-25-15-37-25)33-10-21-7-22(11-33)13-34(12-21,20-33)29-4-2-24(42-32-5-6-35-32)9-31(29)41-19-27-17-39-27/h1-4,8-9,21-22,25-27,32H,5-7,10-20H2. The van der Waals surface area contributed by atoms with Crippen molar-refractivity contribution in [2.75, 3.05) is 46.2 Å². The van der Waals surface area contributed by atoms with Crippen LogP contribution in [-0.2, 0) is 29.8 Å². The van der Waals surface area contributed by atoms with Crippen LogP contribution in [0.2, 0.25) is 0 Å². The van der Waals surface area contributed by atoms with E-state index in [2.05, 4.69) is 36.4 Å². The molecule has 8 fully saturated rings. The number of rotatable bonds is 13. The van der Waals surface area contributed by atoms with Crippen molar-refractivity contribution in [3.63, 3.8) is 0 Å². The van der Waals surface area contributed by atoms with E-state index in [4.69, 9.17) is 37.9 Å². The summed E-state index contributed by atoms with van der Waals surface area (Å²) in [4.78, 5) is 0. The highest BCUT2D eigenvalue weighted by molar-refractivity contribution is 5.51. The summed E-state index contributed by atoms with van der Waals surface area (Å²) >= 11 is 0. The summed E-state index contributed by atoms with van der Waals surface area (Å²) in [5.74, 6) is 4.96. The van der Waals surface area contributed by atoms with Gasteiger partial charge in [-0.3, -0.25) is 0 Å². The van der Waals surface area contributed by atoms with Crippen molar-refractivity contribution < 1.29 is 37.9 Å². The van der Waals surface area contributed by atoms with E-state index in [1.54, 1.807) is 0 Å². The van der Waals surface area contributed by atoms with Crippen LogP contribution in [0.1, 0.15) is 56.1 Å². The average Bonchev–Trinajstić information content (AvgIpc) is 3.81. The van der Waals surface area contributed by atoms with Crippen LogP contribution in [0.25, 0.3) is 0 Å². The molecule has 6 unspecified atom stereocenters. The Morgan fingerprint density at radius 1 is 0.643 bits per heavy atom. The second-order valence-corrected chi connectivity index (χ2v) is 13.8. The molecule has 0 N–H and O–H groups in total. The first-order valence-corrected chi connectivity index (χ1v) is 15.9. The van der Waals surface area contributed by atoms with Crippen LogP contribution in [0.5, 0.6) is 23.0 Å². The summed E-state index contributed by atoms with van der Waals surface area (Å²) in [7, 11) is 0. The minimum atomic E-state index is -0.151. The fourth-order valence-electron chi connectivity index (χ4n) is 8.68. The minimum absolute atomic E-state index is 0.0602. The van der Waals surface area contributed by atoms with E-state index in [9.17, 15) is 0 Å². The van der Waals surface area contributed by atoms with Crippen molar-refractivity contribution in [3.8, 4) is 23.0 Å². The zero-order chi connectivity index (χ0) is 27.7. The number of hydrogen-bond acceptors (Lipinski definition) is 8. The molecule has 2 aromatic carbocycles. The van der Waals surface area contributed by atoms with Gasteiger partial charge < -0.3 is 37.9 Å². The molecule has 4 saturated heterocycles. The fraction of sp³-hybridized carbons (Fsp3) is 0.647. The van der Waals surface area contributed by atoms with Gasteiger partial charge in [0.1, 0.15) is 61.1 Å². The summed E-state index contributed by atoms with van der Waals surface area (Å²) in [6.45, 7) is 4.87. The molecule has 0 amide bonds. The topological polar surface area (TPSA) is 83.7 Å². The van der Waals surface area contributed by atoms with Gasteiger partial charge in [0.15, 0.2) is 0 Å². The molecule has 0 aromatic heterocycles. The van der Waals surface area contributed by atoms with Gasteiger partial charge in [-0.15, -0.1) is 0 Å². The second kappa shape index (κ2) is 10.0. The molecule has 0 spiro atoms. The molecule has 4 heterocycles. The van der Waals surface area contributed by atoms with E-state index in [1.165, 1.54) is 43.2 Å². The van der Waals surface area contributed by atoms with Crippen molar-refractivity contribution in [2.24, 2.45) is 11.8 Å². The molecule has 8 heteroatoms. The van der Waals surface area contributed by atoms with Gasteiger partial charge in [0.2, 0.25) is 6.29 Å². The van der Waals surface area contributed by atoms with E-state index in [0.29, 0.717) is 31.7 Å². The Hall–Kier alpha value is -2.52. The predicted molar refractivity (Wildman–Crippen MR) is 152 cm³/mol. The van der Waals surface area contributed by atoms with Gasteiger partial charge in [-0.2, -0.15) is 0 Å². The maximum atomic E-state index is 6.51. The SMILES string of the molecule is c1cc(C23CC4CC(C2)CC(c2ccc(OC5CCO5)cc2OCC2CO2)(C4)C3)c(OCC2CO2)cc1OCC1CO1. The van der Waals surface area contributed by atoms with Gasteiger partial charge in [0, 0.05) is 40.5 Å². The fourth-order valence-corrected chi connectivity index (χ4v) is 8.68. The maximum absolute atomic E-state index is 6.51. The summed E-state index contributed by atoms with van der Waals surface area (Å²) < 4.78 is 47.1. The summed E-state index contributed by atoms with van der Waals surface area (Å²) in [5.41, 5.74) is 2.80. The van der Waals surface area contributed by atoms with Crippen LogP contribution in [0.4, 0.5) is 0 Å². The third kappa shape index (κ3) is 5.04. The molecule has 42 heavy (non-hydrogen) atoms. The molecule has 4 aliphatic heterocycles. The Balaban J connectivity index is 1.06. The molecule has 0 radical (unpaired) electrons. The van der Waals surface area contributed by atoms with Gasteiger partial charge in [0.25, 0.3) is 0 Å². The average molecular weight is 577 g/mol. The smallest absolute Gasteiger partial charge is 0.202 e. The Morgan fingerprint density at radius 3 is 1.64 bits per heavy atom. The molecule has 10 rings (SSSR count). The van der Waals surface area contributed by atoms with E-state index in [1.807, 2.05) is 0 Å². The van der Waals surface area contributed by atoms with E-state index >= 15 is 0 Å². The lowest BCUT2D eigenvalue weighted by atomic mass is 9.41. The van der Waals surface area contributed by atoms with Crippen molar-refractivity contribution >= 4 is 0 Å². The summed E-state index contributed by atoms with van der Waals surface area (Å²) in [6, 6.07) is 13.1. The van der Waals surface area contributed by atoms with Crippen LogP contribution in [0.15, 0.2) is 36.4 Å². The van der Waals surface area contributed by atoms with Gasteiger partial charge in [-0.1, -0.05) is 12.1 Å². The highest BCUT2D eigenvalue weighted by atomic mass is 16.7. The Kier molecular flexibility index (Phi) is 6.18. The second-order valence-electron chi connectivity index (χ2n) is 13.8. The van der Waals surface area contributed by atoms with Crippen LogP contribution >= 0.6 is 0 Å². The lowest BCUT2D eigenvalue weighted by molar-refractivity contribution is -0.165. The molecule has 224 valence electrons. The van der Waals surface area contributed by atoms with Crippen molar-refractivity contribution in [1.82, 2.24) is 0 Å². The molecule has 4 saturated carbocycles. The highest BCUT2D eigenvalue weighted by Gasteiger charge is 2.60. The maximum Gasteiger partial charge on any atom is 0.202 e. The van der Waals surface area contributed by atoms with Gasteiger partial charge in [-0.25, -0.2) is 0 Å². The number of hydrogen-bond donors (Lipinski definition) is 0. The molecule has 4 bridgehead atoms. The third-order valence-electron chi connectivity index (χ3n) is 10.5. The first-order chi connectivity index (χ1) is 20.6. The summed E-state index contributed by atoms with van der Waals surface area (Å²) in [6.07, 6.45) is 8.66. The Labute approximate surface area is 246 Å². The van der Waals surface area contributed by atoms with Gasteiger partial charge in [-0.05, 0) is 62.5 Å². The number of ether oxygens (including phenoxy) is 8. The monoisotopic (exact) mass is 576 g/mol. The van der Waals surface area contributed by atoms with Crippen LogP contribution < -0.4 is 18.9 Å². The zero-order valence-electron chi connectivity index (χ0n) is 24.1. The summed E-state index contributed by atoms with van der Waals surface area (Å²) in [5, 5.41) is 0. The van der Waals surface area contributed by atoms with Crippen LogP contribution in [0.3, 0.4) is 0 Å². The first-order valence-electron chi connectivity index (χ1n) is 15.9. The van der Waals surface area contributed by atoms with Crippen molar-refractivity contribution in [1.29, 1.82) is 0 Å². The lowest BCUT2D eigenvalue weighted by Crippen LogP contribution is -2.56. The molecule has 8 nitrogen and oxygen atoms in total. The van der Waals surface area contributed by atoms with Crippen LogP contribution in [-0.4, -0.2) is 70.9 Å². The van der Waals surface area contributed by atoms with Crippen molar-refractivity contribution in [2.45, 2.75) is 80.4 Å². The van der Waals surface area contributed by atoms with E-state index in [0.717, 1.165) is 62.3 Å². The molecule has 4 aliphatic carbocycles. The molecule has 8 aliphatic rings. The van der Waals surface area contributed by atoms with Crippen molar-refractivity contribution in [3.05, 3.63) is 47.5 Å². The van der Waals surface area contributed by atoms with Crippen LogP contribution in [0, 0.1) is 11.8 Å². The molecule has 6 atom stereocenters. The van der Waals surface area contributed by atoms with Gasteiger partial charge in [0.05, 0.1) is 26.4 Å². The zero-order valence-corrected chi connectivity index (χ0v) is 24.1. The quantitative estimate of drug-likeness (QED) is 0.311. The molecular weight excluding hydrogens is 536 g/mol.